The maximum Gasteiger partial charge on any atom is 0.326 e. The smallest absolute Gasteiger partial charge is 0.326 e. The molecular weight excluding hydrogens is 232 g/mol. The van der Waals surface area contributed by atoms with Gasteiger partial charge in [0, 0.05) is 17.4 Å². The van der Waals surface area contributed by atoms with Crippen molar-refractivity contribution < 1.29 is 14.7 Å². The van der Waals surface area contributed by atoms with Crippen molar-refractivity contribution in [3.05, 3.63) is 0 Å². The first-order chi connectivity index (χ1) is 8.18. The molecule has 0 radical (unpaired) electrons. The van der Waals surface area contributed by atoms with E-state index in [-0.39, 0.29) is 28.7 Å². The summed E-state index contributed by atoms with van der Waals surface area (Å²) < 4.78 is 0. The maximum atomic E-state index is 12.4. The highest BCUT2D eigenvalue weighted by Crippen LogP contribution is 2.78. The lowest BCUT2D eigenvalue weighted by Crippen LogP contribution is -2.51. The van der Waals surface area contributed by atoms with Gasteiger partial charge in [-0.3, -0.25) is 4.79 Å². The van der Waals surface area contributed by atoms with Gasteiger partial charge in [-0.25, -0.2) is 4.79 Å². The maximum absolute atomic E-state index is 12.4. The lowest BCUT2D eigenvalue weighted by Gasteiger charge is -2.33. The molecule has 0 bridgehead atoms. The Kier molecular flexibility index (Phi) is 1.40. The molecule has 2 aliphatic heterocycles. The van der Waals surface area contributed by atoms with Crippen molar-refractivity contribution in [1.29, 1.82) is 0 Å². The molecule has 0 aromatic rings. The standard InChI is InChI=1S/C13H18N2O3/c1-11(2)5-6(11)8-12(3)4-13(12,14)10(18)15(8)7(5)9(16)17/h5-8H,4,14H2,1-3H3,(H,16,17)/t5-,6+,7-,8?,12?,13?/m0/s1. The summed E-state index contributed by atoms with van der Waals surface area (Å²) in [7, 11) is 0. The summed E-state index contributed by atoms with van der Waals surface area (Å²) in [5, 5.41) is 9.44. The van der Waals surface area contributed by atoms with Gasteiger partial charge in [-0.1, -0.05) is 20.8 Å². The van der Waals surface area contributed by atoms with Crippen molar-refractivity contribution in [2.45, 2.75) is 44.8 Å². The van der Waals surface area contributed by atoms with Gasteiger partial charge in [0.25, 0.3) is 0 Å². The number of fused-ring (bicyclic) bond motifs is 5. The Morgan fingerprint density at radius 3 is 2.56 bits per heavy atom. The van der Waals surface area contributed by atoms with Crippen LogP contribution in [0.25, 0.3) is 0 Å². The number of nitrogens with zero attached hydrogens (tertiary/aromatic N) is 1. The third kappa shape index (κ3) is 0.751. The predicted octanol–water partition coefficient (Wildman–Crippen LogP) is 0.0437. The van der Waals surface area contributed by atoms with Crippen LogP contribution in [-0.2, 0) is 9.59 Å². The van der Waals surface area contributed by atoms with Crippen LogP contribution >= 0.6 is 0 Å². The lowest BCUT2D eigenvalue weighted by atomic mass is 9.89. The van der Waals surface area contributed by atoms with Crippen molar-refractivity contribution in [3.63, 3.8) is 0 Å². The Morgan fingerprint density at radius 1 is 1.39 bits per heavy atom. The van der Waals surface area contributed by atoms with E-state index in [0.29, 0.717) is 12.3 Å². The molecule has 4 rings (SSSR count). The van der Waals surface area contributed by atoms with Crippen molar-refractivity contribution in [2.24, 2.45) is 28.4 Å². The Labute approximate surface area is 105 Å². The first kappa shape index (κ1) is 10.8. The highest BCUT2D eigenvalue weighted by Gasteiger charge is 2.88. The molecule has 4 fully saturated rings. The van der Waals surface area contributed by atoms with Crippen LogP contribution in [0.5, 0.6) is 0 Å². The monoisotopic (exact) mass is 250 g/mol. The average molecular weight is 250 g/mol. The summed E-state index contributed by atoms with van der Waals surface area (Å²) >= 11 is 0. The van der Waals surface area contributed by atoms with Crippen molar-refractivity contribution >= 4 is 11.9 Å². The number of aliphatic carboxylic acids is 1. The van der Waals surface area contributed by atoms with Gasteiger partial charge in [0.05, 0.1) is 0 Å². The number of hydrogen-bond donors (Lipinski definition) is 2. The van der Waals surface area contributed by atoms with Crippen LogP contribution in [0.2, 0.25) is 0 Å². The zero-order chi connectivity index (χ0) is 13.2. The van der Waals surface area contributed by atoms with E-state index in [1.807, 2.05) is 6.92 Å². The van der Waals surface area contributed by atoms with Crippen LogP contribution in [0.4, 0.5) is 0 Å². The number of carboxylic acid groups (broad SMARTS) is 1. The second-order valence-corrected chi connectivity index (χ2v) is 7.38. The van der Waals surface area contributed by atoms with E-state index >= 15 is 0 Å². The molecular formula is C13H18N2O3. The third-order valence-corrected chi connectivity index (χ3v) is 6.34. The first-order valence-corrected chi connectivity index (χ1v) is 6.52. The van der Waals surface area contributed by atoms with Gasteiger partial charge >= 0.3 is 5.97 Å². The zero-order valence-electron chi connectivity index (χ0n) is 10.8. The minimum atomic E-state index is -0.875. The summed E-state index contributed by atoms with van der Waals surface area (Å²) in [6.07, 6.45) is 0.714. The number of nitrogens with two attached hydrogens (primary N) is 1. The molecule has 2 saturated heterocycles. The zero-order valence-corrected chi connectivity index (χ0v) is 10.8. The summed E-state index contributed by atoms with van der Waals surface area (Å²) in [5.74, 6) is -0.600. The minimum absolute atomic E-state index is 0.0291. The van der Waals surface area contributed by atoms with Gasteiger partial charge in [-0.2, -0.15) is 0 Å². The highest BCUT2D eigenvalue weighted by atomic mass is 16.4. The summed E-state index contributed by atoms with van der Waals surface area (Å²) in [4.78, 5) is 25.5. The quantitative estimate of drug-likeness (QED) is 0.688. The molecule has 1 amide bonds. The SMILES string of the molecule is CC1(C)[C@@H]2[C@@H](C(=O)O)N3C(=O)C4(N)CC4(C)C3[C@@H]21. The van der Waals surface area contributed by atoms with E-state index in [4.69, 9.17) is 5.73 Å². The van der Waals surface area contributed by atoms with Crippen LogP contribution in [0.15, 0.2) is 0 Å². The summed E-state index contributed by atoms with van der Waals surface area (Å²) in [6, 6.07) is -0.622. The molecule has 2 aliphatic carbocycles. The number of hydrogen-bond acceptors (Lipinski definition) is 3. The molecule has 6 atom stereocenters. The normalized spacial score (nSPS) is 58.0. The molecule has 5 nitrogen and oxygen atoms in total. The topological polar surface area (TPSA) is 83.6 Å². The van der Waals surface area contributed by atoms with Gasteiger partial charge in [0.2, 0.25) is 5.91 Å². The van der Waals surface area contributed by atoms with Crippen LogP contribution in [0, 0.1) is 22.7 Å². The minimum Gasteiger partial charge on any atom is -0.480 e. The molecule has 5 heteroatoms. The molecule has 4 aliphatic rings. The highest BCUT2D eigenvalue weighted by molar-refractivity contribution is 5.99. The first-order valence-electron chi connectivity index (χ1n) is 6.52. The fraction of sp³-hybridized carbons (Fsp3) is 0.846. The molecule has 98 valence electrons. The predicted molar refractivity (Wildman–Crippen MR) is 62.5 cm³/mol. The van der Waals surface area contributed by atoms with Crippen molar-refractivity contribution in [2.75, 3.05) is 0 Å². The molecule has 3 unspecified atom stereocenters. The third-order valence-electron chi connectivity index (χ3n) is 6.34. The van der Waals surface area contributed by atoms with Crippen LogP contribution in [-0.4, -0.2) is 39.5 Å². The number of amides is 1. The Balaban J connectivity index is 1.84. The molecule has 18 heavy (non-hydrogen) atoms. The van der Waals surface area contributed by atoms with E-state index in [2.05, 4.69) is 13.8 Å². The number of carbonyl (C=O) groups excluding carboxylic acids is 1. The van der Waals surface area contributed by atoms with E-state index in [1.165, 1.54) is 0 Å². The average Bonchev–Trinajstić information content (AvgIpc) is 2.86. The van der Waals surface area contributed by atoms with E-state index < -0.39 is 17.6 Å². The van der Waals surface area contributed by atoms with Gasteiger partial charge in [-0.05, 0) is 17.8 Å². The molecule has 2 heterocycles. The Bertz CT molecular complexity index is 516. The van der Waals surface area contributed by atoms with Crippen LogP contribution < -0.4 is 5.73 Å². The lowest BCUT2D eigenvalue weighted by molar-refractivity contribution is -0.151. The van der Waals surface area contributed by atoms with Crippen LogP contribution in [0.3, 0.4) is 0 Å². The fourth-order valence-electron chi connectivity index (χ4n) is 5.13. The molecule has 0 aromatic carbocycles. The summed E-state index contributed by atoms with van der Waals surface area (Å²) in [5.41, 5.74) is 5.21. The van der Waals surface area contributed by atoms with Gasteiger partial charge in [0.15, 0.2) is 0 Å². The van der Waals surface area contributed by atoms with Gasteiger partial charge in [-0.15, -0.1) is 0 Å². The van der Waals surface area contributed by atoms with Crippen molar-refractivity contribution in [3.8, 4) is 0 Å². The Morgan fingerprint density at radius 2 is 2.00 bits per heavy atom. The largest absolute Gasteiger partial charge is 0.480 e. The molecule has 2 saturated carbocycles. The molecule has 0 aromatic heterocycles. The number of rotatable bonds is 1. The van der Waals surface area contributed by atoms with E-state index in [1.54, 1.807) is 4.90 Å². The second-order valence-electron chi connectivity index (χ2n) is 7.38. The molecule has 0 spiro atoms. The van der Waals surface area contributed by atoms with E-state index in [9.17, 15) is 14.7 Å². The van der Waals surface area contributed by atoms with E-state index in [0.717, 1.165) is 0 Å². The van der Waals surface area contributed by atoms with Crippen molar-refractivity contribution in [1.82, 2.24) is 4.90 Å². The fourth-order valence-corrected chi connectivity index (χ4v) is 5.13. The van der Waals surface area contributed by atoms with Gasteiger partial charge in [0.1, 0.15) is 11.6 Å². The van der Waals surface area contributed by atoms with Gasteiger partial charge < -0.3 is 15.7 Å². The molecule has 3 N–H and O–H groups in total. The number of carbonyl (C=O) groups is 2. The number of piperidine rings is 2. The van der Waals surface area contributed by atoms with Crippen LogP contribution in [0.1, 0.15) is 27.2 Å². The summed E-state index contributed by atoms with van der Waals surface area (Å²) in [6.45, 7) is 6.27. The second kappa shape index (κ2) is 2.33. The Hall–Kier alpha value is -1.10. The number of carboxylic acids is 1.